The highest BCUT2D eigenvalue weighted by Crippen LogP contribution is 2.65. The number of hydrogen-bond acceptors (Lipinski definition) is 2. The molecule has 3 fully saturated rings. The first-order valence-corrected chi connectivity index (χ1v) is 7.60. The van der Waals surface area contributed by atoms with Crippen molar-refractivity contribution < 1.29 is 17.9 Å². The number of para-hydroxylation sites is 1. The molecule has 0 saturated heterocycles. The lowest BCUT2D eigenvalue weighted by Gasteiger charge is -2.15. The van der Waals surface area contributed by atoms with Gasteiger partial charge in [-0.25, -0.2) is 0 Å². The molecule has 2 bridgehead atoms. The van der Waals surface area contributed by atoms with Gasteiger partial charge in [-0.1, -0.05) is 18.2 Å². The van der Waals surface area contributed by atoms with Gasteiger partial charge in [0.2, 0.25) is 0 Å². The summed E-state index contributed by atoms with van der Waals surface area (Å²) in [6, 6.07) is 6.90. The summed E-state index contributed by atoms with van der Waals surface area (Å²) in [6.07, 6.45) is -0.567. The smallest absolute Gasteiger partial charge is 0.405 e. The first-order valence-electron chi connectivity index (χ1n) is 7.60. The number of fused-ring (bicyclic) bond motifs is 5. The van der Waals surface area contributed by atoms with Crippen molar-refractivity contribution in [3.63, 3.8) is 0 Å². The van der Waals surface area contributed by atoms with Crippen molar-refractivity contribution in [2.24, 2.45) is 23.7 Å². The molecule has 0 radical (unpaired) electrons. The van der Waals surface area contributed by atoms with Crippen molar-refractivity contribution in [2.45, 2.75) is 38.2 Å². The molecular weight excluding hydrogens is 279 g/mol. The predicted octanol–water partition coefficient (Wildman–Crippen LogP) is 3.72. The van der Waals surface area contributed by atoms with Crippen LogP contribution < -0.4 is 10.1 Å². The second-order valence-electron chi connectivity index (χ2n) is 6.55. The third-order valence-corrected chi connectivity index (χ3v) is 5.46. The maximum Gasteiger partial charge on any atom is 0.573 e. The van der Waals surface area contributed by atoms with E-state index < -0.39 is 6.36 Å². The van der Waals surface area contributed by atoms with Crippen LogP contribution in [0, 0.1) is 23.7 Å². The topological polar surface area (TPSA) is 21.3 Å². The molecule has 1 aromatic carbocycles. The van der Waals surface area contributed by atoms with E-state index in [0.717, 1.165) is 23.7 Å². The van der Waals surface area contributed by atoms with E-state index in [0.29, 0.717) is 18.2 Å². The highest BCUT2D eigenvalue weighted by atomic mass is 19.4. The Balaban J connectivity index is 1.40. The molecule has 4 rings (SSSR count). The zero-order valence-electron chi connectivity index (χ0n) is 11.6. The molecule has 3 saturated carbocycles. The van der Waals surface area contributed by atoms with Gasteiger partial charge < -0.3 is 10.1 Å². The quantitative estimate of drug-likeness (QED) is 0.914. The molecule has 0 amide bonds. The molecule has 5 heteroatoms. The molecule has 0 aliphatic heterocycles. The van der Waals surface area contributed by atoms with E-state index >= 15 is 0 Å². The maximum absolute atomic E-state index is 12.4. The fourth-order valence-corrected chi connectivity index (χ4v) is 4.70. The Morgan fingerprint density at radius 1 is 1.10 bits per heavy atom. The standard InChI is InChI=1S/C16H18F3NO/c17-16(18,19)21-12-4-2-1-3-11(12)8-20-15-13-9-5-6-10(7-9)14(13)15/h1-4,9-10,13-15,20H,5-8H2. The zero-order valence-corrected chi connectivity index (χ0v) is 11.6. The lowest BCUT2D eigenvalue weighted by atomic mass is 10.0. The molecule has 0 heterocycles. The fourth-order valence-electron chi connectivity index (χ4n) is 4.70. The van der Waals surface area contributed by atoms with Crippen LogP contribution in [0.3, 0.4) is 0 Å². The highest BCUT2D eigenvalue weighted by molar-refractivity contribution is 5.33. The van der Waals surface area contributed by atoms with Crippen LogP contribution in [0.2, 0.25) is 0 Å². The summed E-state index contributed by atoms with van der Waals surface area (Å²) in [5, 5.41) is 3.45. The number of alkyl halides is 3. The lowest BCUT2D eigenvalue weighted by Crippen LogP contribution is -2.24. The van der Waals surface area contributed by atoms with Gasteiger partial charge >= 0.3 is 6.36 Å². The van der Waals surface area contributed by atoms with E-state index in [9.17, 15) is 13.2 Å². The Hall–Kier alpha value is -1.23. The van der Waals surface area contributed by atoms with Gasteiger partial charge in [-0.3, -0.25) is 0 Å². The predicted molar refractivity (Wildman–Crippen MR) is 71.6 cm³/mol. The summed E-state index contributed by atoms with van der Waals surface area (Å²) in [5.41, 5.74) is 0.576. The monoisotopic (exact) mass is 297 g/mol. The van der Waals surface area contributed by atoms with Gasteiger partial charge in [-0.2, -0.15) is 0 Å². The van der Waals surface area contributed by atoms with E-state index in [-0.39, 0.29) is 5.75 Å². The van der Waals surface area contributed by atoms with Crippen LogP contribution in [0.1, 0.15) is 24.8 Å². The number of ether oxygens (including phenoxy) is 1. The van der Waals surface area contributed by atoms with E-state index in [2.05, 4.69) is 10.1 Å². The number of halogens is 3. The molecule has 3 aliphatic carbocycles. The number of benzene rings is 1. The molecule has 4 atom stereocenters. The number of nitrogens with one attached hydrogen (secondary N) is 1. The number of hydrogen-bond donors (Lipinski definition) is 1. The fraction of sp³-hybridized carbons (Fsp3) is 0.625. The van der Waals surface area contributed by atoms with Crippen LogP contribution in [0.4, 0.5) is 13.2 Å². The summed E-state index contributed by atoms with van der Waals surface area (Å²) >= 11 is 0. The number of rotatable bonds is 4. The second-order valence-corrected chi connectivity index (χ2v) is 6.55. The molecular formula is C16H18F3NO. The normalized spacial score (nSPS) is 36.6. The summed E-state index contributed by atoms with van der Waals surface area (Å²) in [6.45, 7) is 0.448. The van der Waals surface area contributed by atoms with Crippen molar-refractivity contribution >= 4 is 0 Å². The van der Waals surface area contributed by atoms with Crippen LogP contribution >= 0.6 is 0 Å². The molecule has 2 nitrogen and oxygen atoms in total. The van der Waals surface area contributed by atoms with Gasteiger partial charge in [0.15, 0.2) is 0 Å². The van der Waals surface area contributed by atoms with Crippen molar-refractivity contribution in [3.05, 3.63) is 29.8 Å². The molecule has 114 valence electrons. The van der Waals surface area contributed by atoms with Crippen molar-refractivity contribution in [2.75, 3.05) is 0 Å². The third-order valence-electron chi connectivity index (χ3n) is 5.46. The van der Waals surface area contributed by atoms with Gasteiger partial charge in [-0.15, -0.1) is 13.2 Å². The van der Waals surface area contributed by atoms with Crippen LogP contribution in [0.15, 0.2) is 24.3 Å². The first-order chi connectivity index (χ1) is 10.0. The minimum atomic E-state index is -4.63. The van der Waals surface area contributed by atoms with Gasteiger partial charge in [-0.05, 0) is 49.0 Å². The lowest BCUT2D eigenvalue weighted by molar-refractivity contribution is -0.274. The first kappa shape index (κ1) is 13.4. The average Bonchev–Trinajstić information content (AvgIpc) is 2.80. The van der Waals surface area contributed by atoms with Crippen molar-refractivity contribution in [3.8, 4) is 5.75 Å². The van der Waals surface area contributed by atoms with Crippen LogP contribution in [0.5, 0.6) is 5.75 Å². The maximum atomic E-state index is 12.4. The molecule has 1 N–H and O–H groups in total. The van der Waals surface area contributed by atoms with Gasteiger partial charge in [0.1, 0.15) is 5.75 Å². The average molecular weight is 297 g/mol. The Bertz CT molecular complexity index is 529. The molecule has 0 aromatic heterocycles. The largest absolute Gasteiger partial charge is 0.573 e. The molecule has 21 heavy (non-hydrogen) atoms. The van der Waals surface area contributed by atoms with Gasteiger partial charge in [0.05, 0.1) is 0 Å². The molecule has 4 unspecified atom stereocenters. The molecule has 3 aliphatic rings. The van der Waals surface area contributed by atoms with Crippen molar-refractivity contribution in [1.29, 1.82) is 0 Å². The van der Waals surface area contributed by atoms with E-state index in [1.807, 2.05) is 0 Å². The third kappa shape index (κ3) is 2.41. The van der Waals surface area contributed by atoms with Crippen LogP contribution in [-0.4, -0.2) is 12.4 Å². The Labute approximate surface area is 121 Å². The SMILES string of the molecule is FC(F)(F)Oc1ccccc1CNC1C2C3CCC(C3)C12. The van der Waals surface area contributed by atoms with Crippen molar-refractivity contribution in [1.82, 2.24) is 5.32 Å². The second kappa shape index (κ2) is 4.63. The Morgan fingerprint density at radius 2 is 1.76 bits per heavy atom. The summed E-state index contributed by atoms with van der Waals surface area (Å²) in [5.74, 6) is 3.18. The Kier molecular flexibility index (Phi) is 2.96. The highest BCUT2D eigenvalue weighted by Gasteiger charge is 2.64. The van der Waals surface area contributed by atoms with Crippen LogP contribution in [-0.2, 0) is 6.54 Å². The van der Waals surface area contributed by atoms with E-state index in [4.69, 9.17) is 0 Å². The molecule has 0 spiro atoms. The summed E-state index contributed by atoms with van der Waals surface area (Å²) < 4.78 is 41.3. The van der Waals surface area contributed by atoms with E-state index in [1.165, 1.54) is 25.3 Å². The molecule has 1 aromatic rings. The van der Waals surface area contributed by atoms with Gasteiger partial charge in [0.25, 0.3) is 0 Å². The summed E-state index contributed by atoms with van der Waals surface area (Å²) in [7, 11) is 0. The van der Waals surface area contributed by atoms with E-state index in [1.54, 1.807) is 18.2 Å². The Morgan fingerprint density at radius 3 is 2.43 bits per heavy atom. The van der Waals surface area contributed by atoms with Gasteiger partial charge in [0, 0.05) is 18.2 Å². The van der Waals surface area contributed by atoms with Crippen LogP contribution in [0.25, 0.3) is 0 Å². The minimum absolute atomic E-state index is 0.0914. The zero-order chi connectivity index (χ0) is 14.6. The summed E-state index contributed by atoms with van der Waals surface area (Å²) in [4.78, 5) is 0. The minimum Gasteiger partial charge on any atom is -0.405 e.